The summed E-state index contributed by atoms with van der Waals surface area (Å²) >= 11 is 3.42. The Hall–Kier alpha value is -1.29. The van der Waals surface area contributed by atoms with Crippen molar-refractivity contribution in [1.82, 2.24) is 10.2 Å². The molecule has 0 fully saturated rings. The fraction of sp³-hybridized carbons (Fsp3) is 0.100. The Morgan fingerprint density at radius 1 is 1.36 bits per heavy atom. The topological polar surface area (TPSA) is 54.7 Å². The summed E-state index contributed by atoms with van der Waals surface area (Å²) in [5.74, 6) is 0.585. The van der Waals surface area contributed by atoms with E-state index >= 15 is 0 Å². The number of hydrogen-bond acceptors (Lipinski definition) is 2. The number of aryl methyl sites for hydroxylation is 1. The van der Waals surface area contributed by atoms with Gasteiger partial charge in [-0.15, -0.1) is 0 Å². The van der Waals surface area contributed by atoms with Crippen LogP contribution >= 0.6 is 15.9 Å². The first-order valence-electron chi connectivity index (χ1n) is 4.24. The Labute approximate surface area is 90.5 Å². The molecule has 0 atom stereocenters. The molecule has 3 N–H and O–H groups in total. The number of nitrogens with one attached hydrogen (secondary N) is 1. The SMILES string of the molecule is Cc1cc(Br)ccc1-c1cc(N)[nH]n1. The zero-order valence-electron chi connectivity index (χ0n) is 7.71. The van der Waals surface area contributed by atoms with Crippen LogP contribution in [0.25, 0.3) is 11.3 Å². The Kier molecular flexibility index (Phi) is 2.29. The summed E-state index contributed by atoms with van der Waals surface area (Å²) in [4.78, 5) is 0. The number of aromatic amines is 1. The predicted molar refractivity (Wildman–Crippen MR) is 60.9 cm³/mol. The maximum absolute atomic E-state index is 5.57. The van der Waals surface area contributed by atoms with Gasteiger partial charge in [0.05, 0.1) is 5.69 Å². The van der Waals surface area contributed by atoms with Gasteiger partial charge in [0.15, 0.2) is 0 Å². The third-order valence-electron chi connectivity index (χ3n) is 2.06. The summed E-state index contributed by atoms with van der Waals surface area (Å²) in [6, 6.07) is 7.90. The third kappa shape index (κ3) is 1.65. The van der Waals surface area contributed by atoms with E-state index in [1.165, 1.54) is 5.56 Å². The Balaban J connectivity index is 2.52. The molecule has 3 nitrogen and oxygen atoms in total. The lowest BCUT2D eigenvalue weighted by atomic mass is 10.1. The number of nitrogen functional groups attached to an aromatic ring is 1. The lowest BCUT2D eigenvalue weighted by Gasteiger charge is -2.01. The van der Waals surface area contributed by atoms with E-state index in [2.05, 4.69) is 32.2 Å². The van der Waals surface area contributed by atoms with Crippen LogP contribution in [-0.2, 0) is 0 Å². The average molecular weight is 252 g/mol. The van der Waals surface area contributed by atoms with Crippen LogP contribution in [0.3, 0.4) is 0 Å². The molecule has 0 saturated carbocycles. The second-order valence-corrected chi connectivity index (χ2v) is 4.08. The van der Waals surface area contributed by atoms with Gasteiger partial charge in [-0.3, -0.25) is 5.10 Å². The minimum atomic E-state index is 0.585. The molecule has 2 rings (SSSR count). The van der Waals surface area contributed by atoms with Crippen molar-refractivity contribution in [1.29, 1.82) is 0 Å². The molecule has 0 aliphatic rings. The summed E-state index contributed by atoms with van der Waals surface area (Å²) in [7, 11) is 0. The Morgan fingerprint density at radius 3 is 2.71 bits per heavy atom. The lowest BCUT2D eigenvalue weighted by molar-refractivity contribution is 1.10. The highest BCUT2D eigenvalue weighted by Gasteiger charge is 2.05. The highest BCUT2D eigenvalue weighted by Crippen LogP contribution is 2.25. The zero-order valence-corrected chi connectivity index (χ0v) is 9.30. The van der Waals surface area contributed by atoms with E-state index in [1.54, 1.807) is 0 Å². The van der Waals surface area contributed by atoms with Gasteiger partial charge in [-0.2, -0.15) is 5.10 Å². The van der Waals surface area contributed by atoms with Gasteiger partial charge in [-0.25, -0.2) is 0 Å². The van der Waals surface area contributed by atoms with E-state index in [9.17, 15) is 0 Å². The fourth-order valence-electron chi connectivity index (χ4n) is 1.39. The van der Waals surface area contributed by atoms with E-state index in [1.807, 2.05) is 25.1 Å². The van der Waals surface area contributed by atoms with Crippen molar-refractivity contribution in [3.05, 3.63) is 34.3 Å². The van der Waals surface area contributed by atoms with E-state index in [0.717, 1.165) is 15.7 Å². The van der Waals surface area contributed by atoms with Crippen molar-refractivity contribution < 1.29 is 0 Å². The van der Waals surface area contributed by atoms with Gasteiger partial charge in [0.2, 0.25) is 0 Å². The van der Waals surface area contributed by atoms with Crippen molar-refractivity contribution in [2.75, 3.05) is 5.73 Å². The number of anilines is 1. The molecule has 0 radical (unpaired) electrons. The molecule has 0 aliphatic heterocycles. The van der Waals surface area contributed by atoms with Gasteiger partial charge in [0.25, 0.3) is 0 Å². The van der Waals surface area contributed by atoms with Crippen LogP contribution in [0.2, 0.25) is 0 Å². The number of hydrogen-bond donors (Lipinski definition) is 2. The van der Waals surface area contributed by atoms with Crippen LogP contribution in [0.1, 0.15) is 5.56 Å². The second-order valence-electron chi connectivity index (χ2n) is 3.17. The first kappa shape index (κ1) is 9.27. The first-order chi connectivity index (χ1) is 6.66. The summed E-state index contributed by atoms with van der Waals surface area (Å²) in [6.07, 6.45) is 0. The fourth-order valence-corrected chi connectivity index (χ4v) is 1.86. The van der Waals surface area contributed by atoms with Crippen molar-refractivity contribution in [3.8, 4) is 11.3 Å². The van der Waals surface area contributed by atoms with Crippen LogP contribution in [-0.4, -0.2) is 10.2 Å². The number of nitrogens with two attached hydrogens (primary N) is 1. The molecule has 72 valence electrons. The first-order valence-corrected chi connectivity index (χ1v) is 5.03. The average Bonchev–Trinajstić information content (AvgIpc) is 2.51. The molecule has 1 aromatic carbocycles. The van der Waals surface area contributed by atoms with Crippen LogP contribution in [0.5, 0.6) is 0 Å². The summed E-state index contributed by atoms with van der Waals surface area (Å²) < 4.78 is 1.07. The number of aromatic nitrogens is 2. The van der Waals surface area contributed by atoms with Gasteiger partial charge in [0, 0.05) is 16.1 Å². The number of halogens is 1. The maximum Gasteiger partial charge on any atom is 0.119 e. The largest absolute Gasteiger partial charge is 0.384 e. The van der Waals surface area contributed by atoms with Crippen molar-refractivity contribution in [2.45, 2.75) is 6.92 Å². The lowest BCUT2D eigenvalue weighted by Crippen LogP contribution is -1.83. The van der Waals surface area contributed by atoms with Gasteiger partial charge >= 0.3 is 0 Å². The minimum absolute atomic E-state index is 0.585. The van der Waals surface area contributed by atoms with E-state index in [-0.39, 0.29) is 0 Å². The smallest absolute Gasteiger partial charge is 0.119 e. The summed E-state index contributed by atoms with van der Waals surface area (Å²) in [6.45, 7) is 2.05. The van der Waals surface area contributed by atoms with E-state index in [4.69, 9.17) is 5.73 Å². The molecule has 0 aliphatic carbocycles. The molecule has 14 heavy (non-hydrogen) atoms. The molecule has 0 spiro atoms. The van der Waals surface area contributed by atoms with Crippen molar-refractivity contribution in [2.24, 2.45) is 0 Å². The molecular formula is C10H10BrN3. The summed E-state index contributed by atoms with van der Waals surface area (Å²) in [5.41, 5.74) is 8.72. The molecule has 4 heteroatoms. The van der Waals surface area contributed by atoms with Gasteiger partial charge in [-0.1, -0.05) is 22.0 Å². The zero-order chi connectivity index (χ0) is 10.1. The third-order valence-corrected chi connectivity index (χ3v) is 2.56. The number of benzene rings is 1. The van der Waals surface area contributed by atoms with Crippen LogP contribution in [0.4, 0.5) is 5.82 Å². The number of nitrogens with zero attached hydrogens (tertiary/aromatic N) is 1. The van der Waals surface area contributed by atoms with Gasteiger partial charge in [0.1, 0.15) is 5.82 Å². The normalized spacial score (nSPS) is 10.4. The Morgan fingerprint density at radius 2 is 2.14 bits per heavy atom. The molecular weight excluding hydrogens is 242 g/mol. The monoisotopic (exact) mass is 251 g/mol. The van der Waals surface area contributed by atoms with Crippen LogP contribution in [0, 0.1) is 6.92 Å². The highest BCUT2D eigenvalue weighted by atomic mass is 79.9. The molecule has 0 saturated heterocycles. The van der Waals surface area contributed by atoms with E-state index < -0.39 is 0 Å². The van der Waals surface area contributed by atoms with Crippen molar-refractivity contribution in [3.63, 3.8) is 0 Å². The van der Waals surface area contributed by atoms with E-state index in [0.29, 0.717) is 5.82 Å². The van der Waals surface area contributed by atoms with Crippen LogP contribution in [0.15, 0.2) is 28.7 Å². The number of H-pyrrole nitrogens is 1. The standard InChI is InChI=1S/C10H10BrN3/c1-6-4-7(11)2-3-8(6)9-5-10(12)14-13-9/h2-5H,1H3,(H3,12,13,14). The molecule has 0 bridgehead atoms. The maximum atomic E-state index is 5.57. The molecule has 1 aromatic heterocycles. The molecule has 1 heterocycles. The quantitative estimate of drug-likeness (QED) is 0.819. The summed E-state index contributed by atoms with van der Waals surface area (Å²) in [5, 5.41) is 6.84. The predicted octanol–water partition coefficient (Wildman–Crippen LogP) is 2.73. The second kappa shape index (κ2) is 3.46. The minimum Gasteiger partial charge on any atom is -0.384 e. The Bertz CT molecular complexity index is 462. The molecule has 0 amide bonds. The van der Waals surface area contributed by atoms with Gasteiger partial charge in [-0.05, 0) is 24.6 Å². The van der Waals surface area contributed by atoms with Gasteiger partial charge < -0.3 is 5.73 Å². The van der Waals surface area contributed by atoms with Crippen LogP contribution < -0.4 is 5.73 Å². The number of rotatable bonds is 1. The molecule has 2 aromatic rings. The molecule has 0 unspecified atom stereocenters. The van der Waals surface area contributed by atoms with Crippen molar-refractivity contribution >= 4 is 21.7 Å². The highest BCUT2D eigenvalue weighted by molar-refractivity contribution is 9.10.